The van der Waals surface area contributed by atoms with Gasteiger partial charge in [0.2, 0.25) is 12.7 Å². The molecule has 0 saturated heterocycles. The molecule has 3 aliphatic rings. The van der Waals surface area contributed by atoms with Gasteiger partial charge in [-0.3, -0.25) is 4.79 Å². The fourth-order valence-corrected chi connectivity index (χ4v) is 3.16. The van der Waals surface area contributed by atoms with Crippen molar-refractivity contribution in [2.75, 3.05) is 25.3 Å². The van der Waals surface area contributed by atoms with Crippen molar-refractivity contribution < 1.29 is 23.7 Å². The smallest absolute Gasteiger partial charge is 0.231 e. The minimum Gasteiger partial charge on any atom is -0.486 e. The molecule has 0 radical (unpaired) electrons. The van der Waals surface area contributed by atoms with Gasteiger partial charge in [0.25, 0.3) is 0 Å². The van der Waals surface area contributed by atoms with E-state index in [4.69, 9.17) is 18.9 Å². The zero-order chi connectivity index (χ0) is 26.6. The molecule has 0 unspecified atom stereocenters. The molecule has 3 aromatic carbocycles. The number of carbonyl (C=O) groups is 1. The van der Waals surface area contributed by atoms with Crippen molar-refractivity contribution in [2.24, 2.45) is 0 Å². The lowest BCUT2D eigenvalue weighted by atomic mass is 10.0. The maximum absolute atomic E-state index is 10.9. The molecule has 0 saturated carbocycles. The van der Waals surface area contributed by atoms with Gasteiger partial charge in [-0.2, -0.15) is 0 Å². The summed E-state index contributed by atoms with van der Waals surface area (Å²) in [6, 6.07) is 23.2. The van der Waals surface area contributed by atoms with E-state index in [0.717, 1.165) is 35.1 Å². The highest BCUT2D eigenvalue weighted by Crippen LogP contribution is 2.30. The number of amides is 1. The first-order chi connectivity index (χ1) is 17.8. The van der Waals surface area contributed by atoms with Crippen LogP contribution in [0.3, 0.4) is 0 Å². The highest BCUT2D eigenvalue weighted by molar-refractivity contribution is 5.93. The molecule has 0 spiro atoms. The third kappa shape index (κ3) is 10.8. The van der Waals surface area contributed by atoms with Crippen LogP contribution in [0.5, 0.6) is 23.0 Å². The normalized spacial score (nSPS) is 12.3. The molecule has 3 aromatic rings. The first kappa shape index (κ1) is 32.5. The van der Waals surface area contributed by atoms with Crippen LogP contribution in [0, 0.1) is 0 Å². The summed E-state index contributed by atoms with van der Waals surface area (Å²) in [5.74, 6) is 3.53. The number of carbonyl (C=O) groups excluding carboxylic acids is 1. The molecule has 1 N–H and O–H groups in total. The van der Waals surface area contributed by atoms with Crippen molar-refractivity contribution in [2.45, 2.75) is 20.3 Å². The second-order valence-corrected chi connectivity index (χ2v) is 6.70. The summed E-state index contributed by atoms with van der Waals surface area (Å²) < 4.78 is 20.7. The maximum Gasteiger partial charge on any atom is 0.231 e. The van der Waals surface area contributed by atoms with Crippen molar-refractivity contribution in [3.05, 3.63) is 118 Å². The average molecular weight is 506 g/mol. The highest BCUT2D eigenvalue weighted by Gasteiger charge is 2.12. The number of fused-ring (bicyclic) bond motifs is 3. The lowest BCUT2D eigenvalue weighted by molar-refractivity contribution is -0.116. The molecule has 6 heteroatoms. The van der Waals surface area contributed by atoms with Crippen LogP contribution in [-0.2, 0) is 11.2 Å². The summed E-state index contributed by atoms with van der Waals surface area (Å²) in [7, 11) is 0. The quantitative estimate of drug-likeness (QED) is 0.321. The van der Waals surface area contributed by atoms with Gasteiger partial charge in [-0.05, 0) is 42.3 Å². The van der Waals surface area contributed by atoms with Crippen LogP contribution < -0.4 is 24.3 Å². The number of hydrogen-bond acceptors (Lipinski definition) is 5. The summed E-state index contributed by atoms with van der Waals surface area (Å²) in [6.45, 7) is 19.7. The summed E-state index contributed by atoms with van der Waals surface area (Å²) in [4.78, 5) is 10.9. The van der Waals surface area contributed by atoms with Crippen LogP contribution in [0.1, 0.15) is 19.4 Å². The van der Waals surface area contributed by atoms with E-state index in [-0.39, 0.29) is 13.3 Å². The molecular weight excluding hydrogens is 466 g/mol. The average Bonchev–Trinajstić information content (AvgIpc) is 3.46. The van der Waals surface area contributed by atoms with Crippen molar-refractivity contribution in [1.29, 1.82) is 0 Å². The van der Waals surface area contributed by atoms with Crippen molar-refractivity contribution in [3.8, 4) is 23.0 Å². The van der Waals surface area contributed by atoms with E-state index in [1.807, 2.05) is 66.7 Å². The molecule has 0 aromatic heterocycles. The van der Waals surface area contributed by atoms with Crippen LogP contribution in [0.4, 0.5) is 5.69 Å². The zero-order valence-corrected chi connectivity index (χ0v) is 20.7. The SMILES string of the molecule is C.C=C.C=C.C=C.O=C1CCc2ccccc2N1.c1ccc2c(c1)OCCO2.c1ccc2c(c1)OCO2. The number of hydrogen-bond donors (Lipinski definition) is 1. The molecule has 6 nitrogen and oxygen atoms in total. The van der Waals surface area contributed by atoms with E-state index >= 15 is 0 Å². The van der Waals surface area contributed by atoms with Gasteiger partial charge in [-0.15, -0.1) is 39.5 Å². The van der Waals surface area contributed by atoms with Crippen LogP contribution in [0.15, 0.2) is 112 Å². The first-order valence-electron chi connectivity index (χ1n) is 11.4. The third-order valence-electron chi connectivity index (χ3n) is 4.64. The Morgan fingerprint density at radius 3 is 1.46 bits per heavy atom. The Morgan fingerprint density at radius 2 is 0.973 bits per heavy atom. The topological polar surface area (TPSA) is 66.0 Å². The molecule has 6 rings (SSSR count). The summed E-state index contributed by atoms with van der Waals surface area (Å²) in [5.41, 5.74) is 2.22. The van der Waals surface area contributed by atoms with Crippen LogP contribution in [-0.4, -0.2) is 25.9 Å². The van der Waals surface area contributed by atoms with Gasteiger partial charge in [-0.1, -0.05) is 49.9 Å². The fourth-order valence-electron chi connectivity index (χ4n) is 3.16. The van der Waals surface area contributed by atoms with E-state index in [2.05, 4.69) is 50.9 Å². The monoisotopic (exact) mass is 505 g/mol. The summed E-state index contributed by atoms with van der Waals surface area (Å²) in [6.07, 6.45) is 1.50. The minimum atomic E-state index is 0. The third-order valence-corrected chi connectivity index (χ3v) is 4.64. The Labute approximate surface area is 221 Å². The molecule has 198 valence electrons. The lowest BCUT2D eigenvalue weighted by Gasteiger charge is -2.17. The van der Waals surface area contributed by atoms with Gasteiger partial charge in [0.1, 0.15) is 13.2 Å². The maximum atomic E-state index is 10.9. The molecular formula is C31H39NO5. The predicted molar refractivity (Wildman–Crippen MR) is 154 cm³/mol. The molecule has 0 aliphatic carbocycles. The van der Waals surface area contributed by atoms with Gasteiger partial charge in [0.05, 0.1) is 0 Å². The van der Waals surface area contributed by atoms with Gasteiger partial charge in [-0.25, -0.2) is 0 Å². The number of ether oxygens (including phenoxy) is 4. The molecule has 0 bridgehead atoms. The molecule has 3 heterocycles. The number of anilines is 1. The molecule has 1 amide bonds. The second kappa shape index (κ2) is 19.8. The van der Waals surface area contributed by atoms with Gasteiger partial charge in [0, 0.05) is 12.1 Å². The Morgan fingerprint density at radius 1 is 0.568 bits per heavy atom. The largest absolute Gasteiger partial charge is 0.486 e. The summed E-state index contributed by atoms with van der Waals surface area (Å²) in [5, 5.41) is 2.82. The molecule has 0 fully saturated rings. The highest BCUT2D eigenvalue weighted by atomic mass is 16.7. The number of benzene rings is 3. The van der Waals surface area contributed by atoms with Crippen LogP contribution in [0.2, 0.25) is 0 Å². The first-order valence-corrected chi connectivity index (χ1v) is 11.4. The van der Waals surface area contributed by atoms with Crippen molar-refractivity contribution in [1.82, 2.24) is 0 Å². The minimum absolute atomic E-state index is 0. The number of rotatable bonds is 0. The van der Waals surface area contributed by atoms with Crippen LogP contribution >= 0.6 is 0 Å². The number of aryl methyl sites for hydroxylation is 1. The Balaban J connectivity index is 0.000000472. The van der Waals surface area contributed by atoms with E-state index in [1.54, 1.807) is 0 Å². The van der Waals surface area contributed by atoms with E-state index in [0.29, 0.717) is 26.4 Å². The second-order valence-electron chi connectivity index (χ2n) is 6.70. The Bertz CT molecular complexity index is 1000. The van der Waals surface area contributed by atoms with E-state index in [1.165, 1.54) is 5.56 Å². The van der Waals surface area contributed by atoms with E-state index in [9.17, 15) is 4.79 Å². The van der Waals surface area contributed by atoms with Crippen molar-refractivity contribution >= 4 is 11.6 Å². The van der Waals surface area contributed by atoms with Crippen molar-refractivity contribution in [3.63, 3.8) is 0 Å². The number of nitrogens with one attached hydrogen (secondary N) is 1. The summed E-state index contributed by atoms with van der Waals surface area (Å²) >= 11 is 0. The van der Waals surface area contributed by atoms with Gasteiger partial charge in [0.15, 0.2) is 23.0 Å². The Hall–Kier alpha value is -4.45. The standard InChI is InChI=1S/C9H9NO.C8H8O2.C7H6O2.3C2H4.CH4/c11-9-6-5-7-3-1-2-4-8(7)10-9;1-2-4-8-7(3-1)9-5-6-10-8;1-2-4-7-6(3-1)8-5-9-7;3*1-2;/h1-4H,5-6H2,(H,10,11);1-4H,5-6H2;1-4H,5H2;3*1-2H2;1H4. The Kier molecular flexibility index (Phi) is 17.4. The van der Waals surface area contributed by atoms with Gasteiger partial charge >= 0.3 is 0 Å². The fraction of sp³-hybridized carbons (Fsp3) is 0.194. The van der Waals surface area contributed by atoms with E-state index < -0.39 is 0 Å². The van der Waals surface area contributed by atoms with Crippen LogP contribution in [0.25, 0.3) is 0 Å². The molecule has 37 heavy (non-hydrogen) atoms. The van der Waals surface area contributed by atoms with Gasteiger partial charge < -0.3 is 24.3 Å². The number of para-hydroxylation sites is 5. The predicted octanol–water partition coefficient (Wildman–Crippen LogP) is 7.49. The lowest BCUT2D eigenvalue weighted by Crippen LogP contribution is -2.18. The molecule has 3 aliphatic heterocycles. The zero-order valence-electron chi connectivity index (χ0n) is 20.7. The molecule has 0 atom stereocenters.